The standard InChI is InChI=1S/C19H24N3O5P/c1-14(27-28(3,24)25)18(13-26-2)20-19(23)15-9-11-17(12-10-15)22-21-16-7-5-4-6-8-16/h4-12,14,18H,13H2,1-3H3,(H,20,23)(H,24,25)/b22-21+. The van der Waals surface area contributed by atoms with E-state index in [9.17, 15) is 14.3 Å². The van der Waals surface area contributed by atoms with Crippen LogP contribution in [-0.2, 0) is 13.8 Å². The van der Waals surface area contributed by atoms with Crippen molar-refractivity contribution in [3.8, 4) is 0 Å². The molecule has 0 saturated heterocycles. The van der Waals surface area contributed by atoms with E-state index in [1.54, 1.807) is 31.2 Å². The average Bonchev–Trinajstić information content (AvgIpc) is 2.66. The van der Waals surface area contributed by atoms with Crippen LogP contribution in [0.4, 0.5) is 11.4 Å². The topological polar surface area (TPSA) is 110 Å². The van der Waals surface area contributed by atoms with Crippen LogP contribution in [0.3, 0.4) is 0 Å². The van der Waals surface area contributed by atoms with Gasteiger partial charge in [-0.2, -0.15) is 10.2 Å². The van der Waals surface area contributed by atoms with Crippen molar-refractivity contribution >= 4 is 24.9 Å². The van der Waals surface area contributed by atoms with Crippen LogP contribution in [0.1, 0.15) is 17.3 Å². The molecule has 0 radical (unpaired) electrons. The molecule has 2 aromatic rings. The minimum Gasteiger partial charge on any atom is -0.382 e. The summed E-state index contributed by atoms with van der Waals surface area (Å²) in [7, 11) is -2.21. The molecule has 0 fully saturated rings. The van der Waals surface area contributed by atoms with E-state index in [0.29, 0.717) is 11.3 Å². The lowest BCUT2D eigenvalue weighted by Crippen LogP contribution is -2.45. The smallest absolute Gasteiger partial charge is 0.325 e. The van der Waals surface area contributed by atoms with Crippen molar-refractivity contribution < 1.29 is 23.5 Å². The highest BCUT2D eigenvalue weighted by Gasteiger charge is 2.25. The summed E-state index contributed by atoms with van der Waals surface area (Å²) in [5.74, 6) is -0.354. The maximum absolute atomic E-state index is 12.5. The number of hydrogen-bond donors (Lipinski definition) is 2. The van der Waals surface area contributed by atoms with Gasteiger partial charge >= 0.3 is 7.60 Å². The van der Waals surface area contributed by atoms with Gasteiger partial charge in [-0.25, -0.2) is 0 Å². The molecule has 0 saturated carbocycles. The predicted molar refractivity (Wildman–Crippen MR) is 106 cm³/mol. The van der Waals surface area contributed by atoms with Gasteiger partial charge in [-0.05, 0) is 43.3 Å². The quantitative estimate of drug-likeness (QED) is 0.483. The zero-order chi connectivity index (χ0) is 20.6. The predicted octanol–water partition coefficient (Wildman–Crippen LogP) is 4.07. The van der Waals surface area contributed by atoms with Gasteiger partial charge < -0.3 is 19.5 Å². The second-order valence-electron chi connectivity index (χ2n) is 6.23. The fraction of sp³-hybridized carbons (Fsp3) is 0.316. The van der Waals surface area contributed by atoms with Crippen LogP contribution in [0.2, 0.25) is 0 Å². The summed E-state index contributed by atoms with van der Waals surface area (Å²) in [6, 6.07) is 15.3. The molecule has 3 atom stereocenters. The summed E-state index contributed by atoms with van der Waals surface area (Å²) in [5, 5.41) is 11.0. The van der Waals surface area contributed by atoms with Gasteiger partial charge in [-0.3, -0.25) is 9.36 Å². The maximum Gasteiger partial charge on any atom is 0.325 e. The molecule has 0 aliphatic carbocycles. The van der Waals surface area contributed by atoms with E-state index in [1.807, 2.05) is 30.3 Å². The molecular weight excluding hydrogens is 381 g/mol. The van der Waals surface area contributed by atoms with Crippen LogP contribution in [0, 0.1) is 0 Å². The third-order valence-electron chi connectivity index (χ3n) is 3.76. The molecule has 8 nitrogen and oxygen atoms in total. The molecule has 1 amide bonds. The molecule has 0 spiro atoms. The van der Waals surface area contributed by atoms with E-state index >= 15 is 0 Å². The number of carbonyl (C=O) groups is 1. The van der Waals surface area contributed by atoms with Gasteiger partial charge in [0, 0.05) is 19.3 Å². The van der Waals surface area contributed by atoms with Gasteiger partial charge in [0.15, 0.2) is 0 Å². The number of rotatable bonds is 9. The van der Waals surface area contributed by atoms with Gasteiger partial charge in [0.25, 0.3) is 5.91 Å². The van der Waals surface area contributed by atoms with Crippen LogP contribution < -0.4 is 5.32 Å². The Morgan fingerprint density at radius 3 is 2.21 bits per heavy atom. The summed E-state index contributed by atoms with van der Waals surface area (Å²) in [5.41, 5.74) is 1.76. The van der Waals surface area contributed by atoms with Crippen molar-refractivity contribution in [3.63, 3.8) is 0 Å². The molecule has 0 bridgehead atoms. The van der Waals surface area contributed by atoms with E-state index in [4.69, 9.17) is 9.26 Å². The van der Waals surface area contributed by atoms with Gasteiger partial charge in [0.05, 0.1) is 30.1 Å². The SMILES string of the molecule is COCC(NC(=O)c1ccc(/N=N/c2ccccc2)cc1)C(C)OP(C)(=O)O. The molecule has 9 heteroatoms. The number of benzene rings is 2. The summed E-state index contributed by atoms with van der Waals surface area (Å²) >= 11 is 0. The molecule has 2 N–H and O–H groups in total. The normalized spacial score (nSPS) is 15.7. The van der Waals surface area contributed by atoms with Crippen molar-refractivity contribution in [2.24, 2.45) is 10.2 Å². The molecule has 0 heterocycles. The van der Waals surface area contributed by atoms with Gasteiger partial charge in [-0.1, -0.05) is 18.2 Å². The van der Waals surface area contributed by atoms with Gasteiger partial charge in [-0.15, -0.1) is 0 Å². The number of hydrogen-bond acceptors (Lipinski definition) is 6. The van der Waals surface area contributed by atoms with E-state index < -0.39 is 19.7 Å². The maximum atomic E-state index is 12.5. The Morgan fingerprint density at radius 2 is 1.68 bits per heavy atom. The third kappa shape index (κ3) is 7.32. The first-order valence-corrected chi connectivity index (χ1v) is 10.7. The van der Waals surface area contributed by atoms with Crippen molar-refractivity contribution in [2.75, 3.05) is 20.4 Å². The Kier molecular flexibility index (Phi) is 8.02. The largest absolute Gasteiger partial charge is 0.382 e. The third-order valence-corrected chi connectivity index (χ3v) is 4.48. The van der Waals surface area contributed by atoms with Crippen LogP contribution in [-0.4, -0.2) is 43.3 Å². The Bertz CT molecular complexity index is 836. The number of ether oxygens (including phenoxy) is 1. The number of carbonyl (C=O) groups excluding carboxylic acids is 1. The molecule has 0 aromatic heterocycles. The highest BCUT2D eigenvalue weighted by molar-refractivity contribution is 7.51. The van der Waals surface area contributed by atoms with Crippen LogP contribution in [0.5, 0.6) is 0 Å². The second kappa shape index (κ2) is 10.2. The highest BCUT2D eigenvalue weighted by atomic mass is 31.2. The van der Waals surface area contributed by atoms with Crippen molar-refractivity contribution in [1.82, 2.24) is 5.32 Å². The first-order chi connectivity index (χ1) is 13.3. The molecule has 150 valence electrons. The molecule has 2 rings (SSSR count). The van der Waals surface area contributed by atoms with E-state index in [2.05, 4.69) is 15.5 Å². The van der Waals surface area contributed by atoms with Crippen LogP contribution in [0.15, 0.2) is 64.8 Å². The Hall–Kier alpha value is -2.38. The van der Waals surface area contributed by atoms with Gasteiger partial charge in [0.2, 0.25) is 0 Å². The highest BCUT2D eigenvalue weighted by Crippen LogP contribution is 2.38. The van der Waals surface area contributed by atoms with Crippen molar-refractivity contribution in [2.45, 2.75) is 19.1 Å². The summed E-state index contributed by atoms with van der Waals surface area (Å²) in [4.78, 5) is 21.9. The second-order valence-corrected chi connectivity index (χ2v) is 8.05. The number of amides is 1. The van der Waals surface area contributed by atoms with Gasteiger partial charge in [0.1, 0.15) is 0 Å². The first-order valence-electron chi connectivity index (χ1n) is 8.64. The Labute approximate surface area is 164 Å². The van der Waals surface area contributed by atoms with Crippen molar-refractivity contribution in [3.05, 3.63) is 60.2 Å². The molecule has 3 unspecified atom stereocenters. The van der Waals surface area contributed by atoms with Crippen molar-refractivity contribution in [1.29, 1.82) is 0 Å². The number of nitrogens with one attached hydrogen (secondary N) is 1. The summed E-state index contributed by atoms with van der Waals surface area (Å²) < 4.78 is 21.6. The zero-order valence-corrected chi connectivity index (χ0v) is 16.9. The van der Waals surface area contributed by atoms with E-state index in [0.717, 1.165) is 12.4 Å². The number of methoxy groups -OCH3 is 1. The molecule has 0 aliphatic rings. The Balaban J connectivity index is 2.02. The number of nitrogens with zero attached hydrogens (tertiary/aromatic N) is 2. The molecular formula is C19H24N3O5P. The lowest BCUT2D eigenvalue weighted by Gasteiger charge is -2.25. The minimum absolute atomic E-state index is 0.135. The average molecular weight is 405 g/mol. The van der Waals surface area contributed by atoms with Crippen LogP contribution in [0.25, 0.3) is 0 Å². The zero-order valence-electron chi connectivity index (χ0n) is 16.0. The molecule has 0 aliphatic heterocycles. The first kappa shape index (κ1) is 21.9. The Morgan fingerprint density at radius 1 is 1.11 bits per heavy atom. The minimum atomic E-state index is -3.68. The summed E-state index contributed by atoms with van der Waals surface area (Å²) in [6.07, 6.45) is -0.705. The lowest BCUT2D eigenvalue weighted by molar-refractivity contribution is 0.0702. The molecule has 2 aromatic carbocycles. The lowest BCUT2D eigenvalue weighted by atomic mass is 10.1. The van der Waals surface area contributed by atoms with E-state index in [1.165, 1.54) is 7.11 Å². The molecule has 28 heavy (non-hydrogen) atoms. The van der Waals surface area contributed by atoms with E-state index in [-0.39, 0.29) is 12.5 Å². The fourth-order valence-electron chi connectivity index (χ4n) is 2.40. The summed E-state index contributed by atoms with van der Waals surface area (Å²) in [6.45, 7) is 2.83. The number of azo groups is 1. The van der Waals surface area contributed by atoms with Crippen LogP contribution >= 0.6 is 7.60 Å². The monoisotopic (exact) mass is 405 g/mol. The fourth-order valence-corrected chi connectivity index (χ4v) is 3.16.